The van der Waals surface area contributed by atoms with Crippen LogP contribution in [-0.2, 0) is 26.6 Å². The van der Waals surface area contributed by atoms with Gasteiger partial charge in [0.05, 0.1) is 17.6 Å². The van der Waals surface area contributed by atoms with Crippen LogP contribution in [0.5, 0.6) is 0 Å². The molecule has 0 bridgehead atoms. The summed E-state index contributed by atoms with van der Waals surface area (Å²) in [4.78, 5) is 36.7. The maximum absolute atomic E-state index is 13.4. The summed E-state index contributed by atoms with van der Waals surface area (Å²) >= 11 is 0. The number of fused-ring (bicyclic) bond motifs is 2. The van der Waals surface area contributed by atoms with Crippen LogP contribution in [-0.4, -0.2) is 43.0 Å². The van der Waals surface area contributed by atoms with Crippen LogP contribution in [0.25, 0.3) is 11.0 Å². The summed E-state index contributed by atoms with van der Waals surface area (Å²) in [6.45, 7) is 1.29. The van der Waals surface area contributed by atoms with Gasteiger partial charge in [0.15, 0.2) is 5.69 Å². The largest absolute Gasteiger partial charge is 0.347 e. The number of aryl methyl sites for hydroxylation is 1. The van der Waals surface area contributed by atoms with Gasteiger partial charge >= 0.3 is 0 Å². The van der Waals surface area contributed by atoms with Gasteiger partial charge in [-0.05, 0) is 17.7 Å². The molecule has 32 heavy (non-hydrogen) atoms. The number of hydrogen-bond acceptors (Lipinski definition) is 5. The van der Waals surface area contributed by atoms with Gasteiger partial charge in [-0.3, -0.25) is 24.2 Å². The Kier molecular flexibility index (Phi) is 5.10. The first-order valence-electron chi connectivity index (χ1n) is 10.5. The van der Waals surface area contributed by atoms with Gasteiger partial charge in [-0.2, -0.15) is 5.10 Å². The van der Waals surface area contributed by atoms with E-state index in [-0.39, 0.29) is 11.8 Å². The Balaban J connectivity index is 1.39. The average Bonchev–Trinajstić information content (AvgIpc) is 3.18. The topological polar surface area (TPSA) is 93.0 Å². The summed E-state index contributed by atoms with van der Waals surface area (Å²) < 4.78 is 1.75. The van der Waals surface area contributed by atoms with Crippen molar-refractivity contribution < 1.29 is 9.59 Å². The van der Waals surface area contributed by atoms with Gasteiger partial charge in [-0.15, -0.1) is 0 Å². The summed E-state index contributed by atoms with van der Waals surface area (Å²) in [7, 11) is 1.84. The van der Waals surface area contributed by atoms with Gasteiger partial charge in [-0.25, -0.2) is 0 Å². The van der Waals surface area contributed by atoms with Crippen LogP contribution in [0, 0.1) is 0 Å². The molecule has 2 aromatic heterocycles. The van der Waals surface area contributed by atoms with E-state index in [1.807, 2.05) is 49.5 Å². The first-order valence-corrected chi connectivity index (χ1v) is 10.5. The summed E-state index contributed by atoms with van der Waals surface area (Å²) in [5.41, 5.74) is 4.93. The number of rotatable bonds is 4. The second kappa shape index (κ2) is 8.22. The number of nitrogens with zero attached hydrogens (tertiary/aromatic N) is 5. The zero-order chi connectivity index (χ0) is 22.1. The molecule has 5 rings (SSSR count). The molecule has 160 valence electrons. The Bertz CT molecular complexity index is 1310. The lowest BCUT2D eigenvalue weighted by atomic mass is 10.0. The number of benzene rings is 2. The van der Waals surface area contributed by atoms with Crippen molar-refractivity contribution in [2.45, 2.75) is 19.5 Å². The van der Waals surface area contributed by atoms with E-state index in [9.17, 15) is 9.59 Å². The number of carbonyl (C=O) groups excluding carboxylic acids is 2. The van der Waals surface area contributed by atoms with Crippen LogP contribution >= 0.6 is 0 Å². The lowest BCUT2D eigenvalue weighted by Gasteiger charge is -2.28. The van der Waals surface area contributed by atoms with Crippen molar-refractivity contribution in [3.05, 3.63) is 89.0 Å². The molecule has 0 saturated heterocycles. The second-order valence-electron chi connectivity index (χ2n) is 7.77. The molecule has 8 heteroatoms. The highest BCUT2D eigenvalue weighted by atomic mass is 16.2. The molecule has 1 N–H and O–H groups in total. The van der Waals surface area contributed by atoms with Gasteiger partial charge < -0.3 is 10.2 Å². The fourth-order valence-electron chi connectivity index (χ4n) is 4.15. The molecular weight excluding hydrogens is 404 g/mol. The SMILES string of the molecule is Cn1nc(C(=O)NCc2ccccc2)c2c1CCN(C(=O)c1cccc3nccnc13)C2. The molecule has 0 aliphatic carbocycles. The van der Waals surface area contributed by atoms with E-state index >= 15 is 0 Å². The van der Waals surface area contributed by atoms with Gasteiger partial charge in [0.1, 0.15) is 5.52 Å². The van der Waals surface area contributed by atoms with Crippen molar-refractivity contribution in [2.24, 2.45) is 7.05 Å². The predicted octanol–water partition coefficient (Wildman–Crippen LogP) is 2.49. The highest BCUT2D eigenvalue weighted by Gasteiger charge is 2.30. The molecule has 0 radical (unpaired) electrons. The molecule has 0 spiro atoms. The van der Waals surface area contributed by atoms with E-state index in [2.05, 4.69) is 20.4 Å². The fraction of sp³-hybridized carbons (Fsp3) is 0.208. The first-order chi connectivity index (χ1) is 15.6. The minimum Gasteiger partial charge on any atom is -0.347 e. The number of carbonyl (C=O) groups is 2. The lowest BCUT2D eigenvalue weighted by molar-refractivity contribution is 0.0732. The van der Waals surface area contributed by atoms with Gasteiger partial charge in [-0.1, -0.05) is 36.4 Å². The predicted molar refractivity (Wildman–Crippen MR) is 119 cm³/mol. The molecule has 2 amide bonds. The molecule has 0 unspecified atom stereocenters. The van der Waals surface area contributed by atoms with Crippen LogP contribution in [0.15, 0.2) is 60.9 Å². The molecule has 3 heterocycles. The molecular formula is C24H22N6O2. The molecule has 0 fully saturated rings. The quantitative estimate of drug-likeness (QED) is 0.541. The average molecular weight is 426 g/mol. The van der Waals surface area contributed by atoms with E-state index in [1.54, 1.807) is 28.0 Å². The van der Waals surface area contributed by atoms with Crippen LogP contribution in [0.1, 0.15) is 37.7 Å². The molecule has 8 nitrogen and oxygen atoms in total. The van der Waals surface area contributed by atoms with Crippen LogP contribution in [0.3, 0.4) is 0 Å². The number of nitrogens with one attached hydrogen (secondary N) is 1. The Labute approximate surface area is 184 Å². The van der Waals surface area contributed by atoms with Crippen LogP contribution in [0.2, 0.25) is 0 Å². The maximum Gasteiger partial charge on any atom is 0.272 e. The minimum atomic E-state index is -0.240. The van der Waals surface area contributed by atoms with Crippen molar-refractivity contribution in [2.75, 3.05) is 6.54 Å². The van der Waals surface area contributed by atoms with Crippen LogP contribution in [0.4, 0.5) is 0 Å². The summed E-state index contributed by atoms with van der Waals surface area (Å²) in [5.74, 6) is -0.364. The molecule has 1 aliphatic heterocycles. The third kappa shape index (κ3) is 3.60. The monoisotopic (exact) mass is 426 g/mol. The van der Waals surface area contributed by atoms with Crippen molar-refractivity contribution in [1.82, 2.24) is 30.0 Å². The number of amides is 2. The molecule has 0 saturated carbocycles. The fourth-order valence-corrected chi connectivity index (χ4v) is 4.15. The second-order valence-corrected chi connectivity index (χ2v) is 7.77. The van der Waals surface area contributed by atoms with Gasteiger partial charge in [0.2, 0.25) is 0 Å². The Morgan fingerprint density at radius 2 is 1.84 bits per heavy atom. The Morgan fingerprint density at radius 3 is 2.69 bits per heavy atom. The molecule has 1 aliphatic rings. The van der Waals surface area contributed by atoms with Gasteiger partial charge in [0, 0.05) is 50.2 Å². The number of para-hydroxylation sites is 1. The van der Waals surface area contributed by atoms with E-state index < -0.39 is 0 Å². The molecule has 4 aromatic rings. The summed E-state index contributed by atoms with van der Waals surface area (Å²) in [6.07, 6.45) is 3.83. The van der Waals surface area contributed by atoms with Crippen molar-refractivity contribution >= 4 is 22.8 Å². The van der Waals surface area contributed by atoms with Crippen molar-refractivity contribution in [3.8, 4) is 0 Å². The normalized spacial score (nSPS) is 13.1. The third-order valence-electron chi connectivity index (χ3n) is 5.77. The van der Waals surface area contributed by atoms with E-state index in [0.717, 1.165) is 16.8 Å². The van der Waals surface area contributed by atoms with Crippen molar-refractivity contribution in [1.29, 1.82) is 0 Å². The zero-order valence-electron chi connectivity index (χ0n) is 17.7. The van der Waals surface area contributed by atoms with E-state index in [1.165, 1.54) is 0 Å². The van der Waals surface area contributed by atoms with E-state index in [4.69, 9.17) is 0 Å². The Hall–Kier alpha value is -4.07. The summed E-state index contributed by atoms with van der Waals surface area (Å²) in [5, 5.41) is 7.41. The highest BCUT2D eigenvalue weighted by Crippen LogP contribution is 2.25. The minimum absolute atomic E-state index is 0.124. The summed E-state index contributed by atoms with van der Waals surface area (Å²) in [6, 6.07) is 15.1. The number of hydrogen-bond donors (Lipinski definition) is 1. The van der Waals surface area contributed by atoms with Crippen molar-refractivity contribution in [3.63, 3.8) is 0 Å². The molecule has 0 atom stereocenters. The first kappa shape index (κ1) is 19.9. The van der Waals surface area contributed by atoms with E-state index in [0.29, 0.717) is 48.3 Å². The maximum atomic E-state index is 13.4. The molecule has 2 aromatic carbocycles. The van der Waals surface area contributed by atoms with Crippen LogP contribution < -0.4 is 5.32 Å². The Morgan fingerprint density at radius 1 is 1.03 bits per heavy atom. The number of aromatic nitrogens is 4. The van der Waals surface area contributed by atoms with Gasteiger partial charge in [0.25, 0.3) is 11.8 Å². The smallest absolute Gasteiger partial charge is 0.272 e. The highest BCUT2D eigenvalue weighted by molar-refractivity contribution is 6.04. The zero-order valence-corrected chi connectivity index (χ0v) is 17.7. The standard InChI is InChI=1S/C24H22N6O2/c1-29-20-10-13-30(24(32)17-8-5-9-19-21(17)26-12-11-25-19)15-18(20)22(28-29)23(31)27-14-16-6-3-2-4-7-16/h2-9,11-12H,10,13-15H2,1H3,(H,27,31). The third-order valence-corrected chi connectivity index (χ3v) is 5.77. The lowest BCUT2D eigenvalue weighted by Crippen LogP contribution is -2.37.